The Morgan fingerprint density at radius 1 is 1.37 bits per heavy atom. The van der Waals surface area contributed by atoms with E-state index in [1.165, 1.54) is 10.4 Å². The van der Waals surface area contributed by atoms with Gasteiger partial charge in [-0.2, -0.15) is 0 Å². The van der Waals surface area contributed by atoms with Crippen molar-refractivity contribution in [3.63, 3.8) is 0 Å². The van der Waals surface area contributed by atoms with Gasteiger partial charge in [0.25, 0.3) is 0 Å². The number of nitrogens with one attached hydrogen (secondary N) is 1. The van der Waals surface area contributed by atoms with Crippen molar-refractivity contribution in [3.8, 4) is 5.06 Å². The summed E-state index contributed by atoms with van der Waals surface area (Å²) >= 11 is 1.80. The third kappa shape index (κ3) is 3.69. The quantitative estimate of drug-likeness (QED) is 0.830. The molecule has 1 fully saturated rings. The molecule has 1 aromatic heterocycles. The predicted octanol–water partition coefficient (Wildman–Crippen LogP) is 1.49. The van der Waals surface area contributed by atoms with Crippen LogP contribution in [-0.2, 0) is 17.7 Å². The normalized spacial score (nSPS) is 20.2. The van der Waals surface area contributed by atoms with E-state index in [2.05, 4.69) is 16.3 Å². The Kier molecular flexibility index (Phi) is 4.71. The fourth-order valence-electron chi connectivity index (χ4n) is 2.58. The number of fused-ring (bicyclic) bond motifs is 1. The van der Waals surface area contributed by atoms with E-state index < -0.39 is 0 Å². The van der Waals surface area contributed by atoms with Crippen LogP contribution in [0.1, 0.15) is 16.9 Å². The van der Waals surface area contributed by atoms with E-state index in [1.54, 1.807) is 11.3 Å². The van der Waals surface area contributed by atoms with Gasteiger partial charge in [0.2, 0.25) is 0 Å². The maximum Gasteiger partial charge on any atom is 0.174 e. The molecule has 1 N–H and O–H groups in total. The second-order valence-electron chi connectivity index (χ2n) is 5.10. The van der Waals surface area contributed by atoms with E-state index in [-0.39, 0.29) is 0 Å². The first kappa shape index (κ1) is 13.4. The molecule has 3 heterocycles. The Hall–Kier alpha value is -0.620. The highest BCUT2D eigenvalue weighted by Gasteiger charge is 2.14. The van der Waals surface area contributed by atoms with Gasteiger partial charge in [0.15, 0.2) is 5.06 Å². The van der Waals surface area contributed by atoms with Crippen LogP contribution in [0.25, 0.3) is 0 Å². The van der Waals surface area contributed by atoms with E-state index in [4.69, 9.17) is 9.47 Å². The Morgan fingerprint density at radius 2 is 2.26 bits per heavy atom. The SMILES string of the molecule is c1c(OCCCN2CCOCC2)sc2c1CCNC2. The number of ether oxygens (including phenoxy) is 2. The lowest BCUT2D eigenvalue weighted by molar-refractivity contribution is 0.0358. The standard InChI is InChI=1S/C14H22N2O2S/c1(4-16-5-8-17-9-6-16)7-18-14-10-12-2-3-15-11-13(12)19-14/h10,15H,1-9,11H2. The van der Waals surface area contributed by atoms with E-state index >= 15 is 0 Å². The summed E-state index contributed by atoms with van der Waals surface area (Å²) in [6, 6.07) is 2.23. The molecule has 0 amide bonds. The zero-order valence-corrected chi connectivity index (χ0v) is 12.1. The fourth-order valence-corrected chi connectivity index (χ4v) is 3.63. The largest absolute Gasteiger partial charge is 0.484 e. The van der Waals surface area contributed by atoms with Gasteiger partial charge in [-0.3, -0.25) is 4.90 Å². The molecule has 1 aromatic rings. The van der Waals surface area contributed by atoms with E-state index in [9.17, 15) is 0 Å². The lowest BCUT2D eigenvalue weighted by Crippen LogP contribution is -2.37. The highest BCUT2D eigenvalue weighted by atomic mass is 32.1. The first-order valence-corrected chi connectivity index (χ1v) is 7.99. The van der Waals surface area contributed by atoms with Crippen LogP contribution in [0.3, 0.4) is 0 Å². The highest BCUT2D eigenvalue weighted by Crippen LogP contribution is 2.31. The summed E-state index contributed by atoms with van der Waals surface area (Å²) < 4.78 is 11.2. The van der Waals surface area contributed by atoms with Gasteiger partial charge in [-0.25, -0.2) is 0 Å². The number of nitrogens with zero attached hydrogens (tertiary/aromatic N) is 1. The summed E-state index contributed by atoms with van der Waals surface area (Å²) in [5.41, 5.74) is 1.48. The number of thiophene rings is 1. The molecule has 0 radical (unpaired) electrons. The average Bonchev–Trinajstić information content (AvgIpc) is 2.87. The fraction of sp³-hybridized carbons (Fsp3) is 0.714. The first-order chi connectivity index (χ1) is 9.42. The van der Waals surface area contributed by atoms with E-state index in [1.807, 2.05) is 0 Å². The van der Waals surface area contributed by atoms with Crippen LogP contribution in [0.2, 0.25) is 0 Å². The van der Waals surface area contributed by atoms with E-state index in [0.29, 0.717) is 0 Å². The van der Waals surface area contributed by atoms with Gasteiger partial charge < -0.3 is 14.8 Å². The molecule has 3 rings (SSSR count). The molecule has 0 spiro atoms. The molecule has 2 aliphatic rings. The molecule has 0 aliphatic carbocycles. The average molecular weight is 282 g/mol. The van der Waals surface area contributed by atoms with Crippen molar-refractivity contribution in [3.05, 3.63) is 16.5 Å². The second kappa shape index (κ2) is 6.70. The summed E-state index contributed by atoms with van der Waals surface area (Å²) in [5.74, 6) is 0. The van der Waals surface area contributed by atoms with Crippen molar-refractivity contribution < 1.29 is 9.47 Å². The minimum atomic E-state index is 0.824. The Labute approximate surface area is 118 Å². The summed E-state index contributed by atoms with van der Waals surface area (Å²) in [7, 11) is 0. The van der Waals surface area contributed by atoms with Gasteiger partial charge >= 0.3 is 0 Å². The molecule has 0 bridgehead atoms. The lowest BCUT2D eigenvalue weighted by atomic mass is 10.1. The van der Waals surface area contributed by atoms with Gasteiger partial charge in [-0.15, -0.1) is 11.3 Å². The summed E-state index contributed by atoms with van der Waals surface area (Å²) in [6.07, 6.45) is 2.24. The Morgan fingerprint density at radius 3 is 3.11 bits per heavy atom. The molecule has 0 atom stereocenters. The summed E-state index contributed by atoms with van der Waals surface area (Å²) in [5, 5.41) is 4.49. The summed E-state index contributed by atoms with van der Waals surface area (Å²) in [4.78, 5) is 3.91. The molecule has 0 unspecified atom stereocenters. The van der Waals surface area contributed by atoms with Crippen LogP contribution in [0.5, 0.6) is 5.06 Å². The molecule has 0 saturated carbocycles. The third-order valence-electron chi connectivity index (χ3n) is 3.70. The molecule has 5 heteroatoms. The van der Waals surface area contributed by atoms with Crippen molar-refractivity contribution in [2.24, 2.45) is 0 Å². The molecule has 1 saturated heterocycles. The second-order valence-corrected chi connectivity index (χ2v) is 6.20. The molecular weight excluding hydrogens is 260 g/mol. The number of hydrogen-bond donors (Lipinski definition) is 1. The molecule has 2 aliphatic heterocycles. The number of rotatable bonds is 5. The van der Waals surface area contributed by atoms with Gasteiger partial charge in [0.05, 0.1) is 19.8 Å². The molecular formula is C14H22N2O2S. The lowest BCUT2D eigenvalue weighted by Gasteiger charge is -2.26. The minimum absolute atomic E-state index is 0.824. The zero-order chi connectivity index (χ0) is 12.9. The Balaban J connectivity index is 1.38. The highest BCUT2D eigenvalue weighted by molar-refractivity contribution is 7.14. The smallest absolute Gasteiger partial charge is 0.174 e. The monoisotopic (exact) mass is 282 g/mol. The van der Waals surface area contributed by atoms with Crippen molar-refractivity contribution in [1.82, 2.24) is 10.2 Å². The van der Waals surface area contributed by atoms with Gasteiger partial charge in [-0.1, -0.05) is 0 Å². The van der Waals surface area contributed by atoms with Crippen molar-refractivity contribution >= 4 is 11.3 Å². The van der Waals surface area contributed by atoms with E-state index in [0.717, 1.165) is 70.4 Å². The van der Waals surface area contributed by atoms with Gasteiger partial charge in [0, 0.05) is 31.1 Å². The van der Waals surface area contributed by atoms with Gasteiger partial charge in [0.1, 0.15) is 0 Å². The number of hydrogen-bond acceptors (Lipinski definition) is 5. The molecule has 106 valence electrons. The van der Waals surface area contributed by atoms with Crippen LogP contribution in [0.4, 0.5) is 0 Å². The number of morpholine rings is 1. The van der Waals surface area contributed by atoms with Crippen LogP contribution >= 0.6 is 11.3 Å². The predicted molar refractivity (Wildman–Crippen MR) is 77.1 cm³/mol. The molecule has 0 aromatic carbocycles. The minimum Gasteiger partial charge on any atom is -0.484 e. The maximum absolute atomic E-state index is 5.88. The van der Waals surface area contributed by atoms with Gasteiger partial charge in [-0.05, 0) is 31.0 Å². The third-order valence-corrected chi connectivity index (χ3v) is 4.79. The van der Waals surface area contributed by atoms with Crippen LogP contribution in [0, 0.1) is 0 Å². The Bertz CT molecular complexity index is 379. The van der Waals surface area contributed by atoms with Crippen molar-refractivity contribution in [2.75, 3.05) is 46.0 Å². The topological polar surface area (TPSA) is 33.7 Å². The van der Waals surface area contributed by atoms with Crippen LogP contribution in [0.15, 0.2) is 6.07 Å². The molecule has 4 nitrogen and oxygen atoms in total. The maximum atomic E-state index is 5.88. The van der Waals surface area contributed by atoms with Crippen LogP contribution in [-0.4, -0.2) is 50.9 Å². The molecule has 19 heavy (non-hydrogen) atoms. The first-order valence-electron chi connectivity index (χ1n) is 7.17. The van der Waals surface area contributed by atoms with Crippen molar-refractivity contribution in [1.29, 1.82) is 0 Å². The zero-order valence-electron chi connectivity index (χ0n) is 11.3. The summed E-state index contributed by atoms with van der Waals surface area (Å²) in [6.45, 7) is 7.95. The van der Waals surface area contributed by atoms with Crippen molar-refractivity contribution in [2.45, 2.75) is 19.4 Å². The van der Waals surface area contributed by atoms with Crippen LogP contribution < -0.4 is 10.1 Å².